The summed E-state index contributed by atoms with van der Waals surface area (Å²) < 4.78 is 0. The van der Waals surface area contributed by atoms with Crippen molar-refractivity contribution in [3.63, 3.8) is 0 Å². The van der Waals surface area contributed by atoms with Gasteiger partial charge >= 0.3 is 5.97 Å². The molecule has 0 aromatic carbocycles. The number of carboxylic acids is 1. The molecule has 0 spiro atoms. The highest BCUT2D eigenvalue weighted by Crippen LogP contribution is 2.05. The van der Waals surface area contributed by atoms with Crippen molar-refractivity contribution in [1.29, 1.82) is 0 Å². The Kier molecular flexibility index (Phi) is 7.95. The summed E-state index contributed by atoms with van der Waals surface area (Å²) in [6, 6.07) is 0. The van der Waals surface area contributed by atoms with Gasteiger partial charge in [-0.25, -0.2) is 4.79 Å². The number of carbonyl (C=O) groups is 1. The number of aliphatic hydroxyl groups excluding tert-OH is 1. The van der Waals surface area contributed by atoms with E-state index in [9.17, 15) is 4.79 Å². The molecule has 0 aromatic heterocycles. The molecule has 4 heteroatoms. The van der Waals surface area contributed by atoms with Crippen LogP contribution in [0.15, 0.2) is 11.6 Å². The maximum Gasteiger partial charge on any atom is 0.330 e. The van der Waals surface area contributed by atoms with Crippen molar-refractivity contribution < 1.29 is 15.0 Å². The minimum Gasteiger partial charge on any atom is -0.478 e. The lowest BCUT2D eigenvalue weighted by Gasteiger charge is -2.13. The first-order valence-electron chi connectivity index (χ1n) is 5.33. The fourth-order valence-corrected chi connectivity index (χ4v) is 1.23. The topological polar surface area (TPSA) is 69.6 Å². The maximum absolute atomic E-state index is 10.5. The number of aliphatic carboxylic acids is 1. The first-order valence-corrected chi connectivity index (χ1v) is 5.33. The molecule has 88 valence electrons. The molecule has 0 aliphatic carbocycles. The van der Waals surface area contributed by atoms with Gasteiger partial charge in [0.05, 0.1) is 0 Å². The Labute approximate surface area is 91.0 Å². The standard InChI is InChI=1S/C11H21NO3/c1-3-10(5-7-13)8-12-6-4-9(2)11(14)15/h4,10,12-13H,3,5-8H2,1-2H3,(H,14,15)/b9-4-. The summed E-state index contributed by atoms with van der Waals surface area (Å²) in [5, 5.41) is 20.5. The predicted octanol–water partition coefficient (Wildman–Crippen LogP) is 1.02. The number of aliphatic hydroxyl groups is 1. The summed E-state index contributed by atoms with van der Waals surface area (Å²) in [5.41, 5.74) is 0.359. The SMILES string of the molecule is CCC(CCO)CNC/C=C(/C)C(=O)O. The Morgan fingerprint density at radius 2 is 2.20 bits per heavy atom. The Bertz CT molecular complexity index is 214. The van der Waals surface area contributed by atoms with Gasteiger partial charge in [0, 0.05) is 18.7 Å². The van der Waals surface area contributed by atoms with Crippen LogP contribution in [0.2, 0.25) is 0 Å². The Balaban J connectivity index is 3.68. The van der Waals surface area contributed by atoms with E-state index in [1.54, 1.807) is 13.0 Å². The zero-order valence-electron chi connectivity index (χ0n) is 9.49. The van der Waals surface area contributed by atoms with E-state index in [2.05, 4.69) is 12.2 Å². The number of hydrogen-bond acceptors (Lipinski definition) is 3. The highest BCUT2D eigenvalue weighted by molar-refractivity contribution is 5.85. The van der Waals surface area contributed by atoms with Gasteiger partial charge in [0.2, 0.25) is 0 Å². The van der Waals surface area contributed by atoms with Crippen molar-refractivity contribution in [3.8, 4) is 0 Å². The van der Waals surface area contributed by atoms with E-state index >= 15 is 0 Å². The molecule has 1 unspecified atom stereocenters. The first kappa shape index (κ1) is 14.1. The highest BCUT2D eigenvalue weighted by atomic mass is 16.4. The fourth-order valence-electron chi connectivity index (χ4n) is 1.23. The lowest BCUT2D eigenvalue weighted by molar-refractivity contribution is -0.132. The summed E-state index contributed by atoms with van der Waals surface area (Å²) in [5.74, 6) is -0.410. The third kappa shape index (κ3) is 7.11. The second-order valence-corrected chi connectivity index (χ2v) is 3.64. The van der Waals surface area contributed by atoms with Crippen LogP contribution in [0.1, 0.15) is 26.7 Å². The molecule has 0 aliphatic rings. The second kappa shape index (κ2) is 8.44. The normalized spacial score (nSPS) is 13.9. The van der Waals surface area contributed by atoms with Crippen LogP contribution in [0.4, 0.5) is 0 Å². The molecule has 0 saturated heterocycles. The quantitative estimate of drug-likeness (QED) is 0.417. The third-order valence-corrected chi connectivity index (χ3v) is 2.44. The van der Waals surface area contributed by atoms with Gasteiger partial charge in [-0.1, -0.05) is 19.4 Å². The number of carboxylic acid groups (broad SMARTS) is 1. The van der Waals surface area contributed by atoms with Crippen LogP contribution in [-0.2, 0) is 4.79 Å². The molecule has 0 saturated carbocycles. The lowest BCUT2D eigenvalue weighted by Crippen LogP contribution is -2.23. The van der Waals surface area contributed by atoms with E-state index in [4.69, 9.17) is 10.2 Å². The van der Waals surface area contributed by atoms with Crippen molar-refractivity contribution in [2.45, 2.75) is 26.7 Å². The molecule has 3 N–H and O–H groups in total. The lowest BCUT2D eigenvalue weighted by atomic mass is 10.0. The molecular weight excluding hydrogens is 194 g/mol. The van der Waals surface area contributed by atoms with Gasteiger partial charge < -0.3 is 15.5 Å². The molecule has 15 heavy (non-hydrogen) atoms. The summed E-state index contributed by atoms with van der Waals surface area (Å²) in [4.78, 5) is 10.5. The van der Waals surface area contributed by atoms with Crippen molar-refractivity contribution in [2.24, 2.45) is 5.92 Å². The smallest absolute Gasteiger partial charge is 0.330 e. The zero-order valence-corrected chi connectivity index (χ0v) is 9.49. The molecule has 0 rings (SSSR count). The van der Waals surface area contributed by atoms with Gasteiger partial charge in [-0.05, 0) is 25.8 Å². The predicted molar refractivity (Wildman–Crippen MR) is 59.7 cm³/mol. The molecule has 0 fully saturated rings. The molecule has 1 atom stereocenters. The molecule has 0 aromatic rings. The number of rotatable bonds is 8. The average molecular weight is 215 g/mol. The van der Waals surface area contributed by atoms with Crippen LogP contribution in [0.25, 0.3) is 0 Å². The van der Waals surface area contributed by atoms with Crippen molar-refractivity contribution in [3.05, 3.63) is 11.6 Å². The van der Waals surface area contributed by atoms with Gasteiger partial charge in [-0.3, -0.25) is 0 Å². The minimum absolute atomic E-state index is 0.212. The van der Waals surface area contributed by atoms with Gasteiger partial charge in [-0.2, -0.15) is 0 Å². The van der Waals surface area contributed by atoms with Gasteiger partial charge in [0.1, 0.15) is 0 Å². The molecule has 0 aliphatic heterocycles. The molecule has 0 radical (unpaired) electrons. The molecule has 0 amide bonds. The van der Waals surface area contributed by atoms with Crippen LogP contribution in [-0.4, -0.2) is 35.9 Å². The summed E-state index contributed by atoms with van der Waals surface area (Å²) >= 11 is 0. The van der Waals surface area contributed by atoms with E-state index in [0.29, 0.717) is 18.0 Å². The number of nitrogens with one attached hydrogen (secondary N) is 1. The van der Waals surface area contributed by atoms with E-state index in [0.717, 1.165) is 19.4 Å². The second-order valence-electron chi connectivity index (χ2n) is 3.64. The van der Waals surface area contributed by atoms with Crippen molar-refractivity contribution >= 4 is 5.97 Å². The van der Waals surface area contributed by atoms with Crippen molar-refractivity contribution in [2.75, 3.05) is 19.7 Å². The molecule has 0 bridgehead atoms. The fraction of sp³-hybridized carbons (Fsp3) is 0.727. The van der Waals surface area contributed by atoms with Crippen LogP contribution in [0.3, 0.4) is 0 Å². The van der Waals surface area contributed by atoms with Gasteiger partial charge in [0.15, 0.2) is 0 Å². The third-order valence-electron chi connectivity index (χ3n) is 2.44. The monoisotopic (exact) mass is 215 g/mol. The van der Waals surface area contributed by atoms with Crippen LogP contribution >= 0.6 is 0 Å². The highest BCUT2D eigenvalue weighted by Gasteiger charge is 2.04. The van der Waals surface area contributed by atoms with E-state index in [1.165, 1.54) is 0 Å². The van der Waals surface area contributed by atoms with E-state index < -0.39 is 5.97 Å². The average Bonchev–Trinajstić information content (AvgIpc) is 2.22. The summed E-state index contributed by atoms with van der Waals surface area (Å²) in [6.07, 6.45) is 3.48. The summed E-state index contributed by atoms with van der Waals surface area (Å²) in [7, 11) is 0. The Morgan fingerprint density at radius 3 is 2.67 bits per heavy atom. The van der Waals surface area contributed by atoms with Crippen LogP contribution in [0, 0.1) is 5.92 Å². The van der Waals surface area contributed by atoms with Gasteiger partial charge in [-0.15, -0.1) is 0 Å². The maximum atomic E-state index is 10.5. The van der Waals surface area contributed by atoms with Crippen LogP contribution < -0.4 is 5.32 Å². The molecule has 0 heterocycles. The van der Waals surface area contributed by atoms with E-state index in [-0.39, 0.29) is 6.61 Å². The molecule has 4 nitrogen and oxygen atoms in total. The first-order chi connectivity index (χ1) is 7.11. The Morgan fingerprint density at radius 1 is 1.53 bits per heavy atom. The zero-order chi connectivity index (χ0) is 11.7. The summed E-state index contributed by atoms with van der Waals surface area (Å²) in [6.45, 7) is 5.26. The largest absolute Gasteiger partial charge is 0.478 e. The molecular formula is C11H21NO3. The van der Waals surface area contributed by atoms with E-state index in [1.807, 2.05) is 0 Å². The van der Waals surface area contributed by atoms with Crippen molar-refractivity contribution in [1.82, 2.24) is 5.32 Å². The minimum atomic E-state index is -0.876. The van der Waals surface area contributed by atoms with Gasteiger partial charge in [0.25, 0.3) is 0 Å². The number of hydrogen-bond donors (Lipinski definition) is 3. The Hall–Kier alpha value is -0.870. The van der Waals surface area contributed by atoms with Crippen LogP contribution in [0.5, 0.6) is 0 Å².